The number of rotatable bonds is 4. The smallest absolute Gasteiger partial charge is 0.406 e. The van der Waals surface area contributed by atoms with Crippen molar-refractivity contribution in [3.8, 4) is 5.75 Å². The first-order valence-electron chi connectivity index (χ1n) is 7.44. The number of amides is 1. The lowest BCUT2D eigenvalue weighted by molar-refractivity contribution is -0.274. The lowest BCUT2D eigenvalue weighted by Gasteiger charge is -2.11. The molecular weight excluding hydrogens is 371 g/mol. The van der Waals surface area contributed by atoms with E-state index in [2.05, 4.69) is 15.0 Å². The normalized spacial score (nSPS) is 11.5. The number of carbonyl (C=O) groups excluding carboxylic acids is 1. The molecule has 0 radical (unpaired) electrons. The summed E-state index contributed by atoms with van der Waals surface area (Å²) in [5.74, 6) is -1.22. The number of thiazole rings is 1. The minimum atomic E-state index is -4.84. The number of fused-ring (bicyclic) bond motifs is 1. The van der Waals surface area contributed by atoms with Gasteiger partial charge in [0.2, 0.25) is 0 Å². The zero-order valence-corrected chi connectivity index (χ0v) is 14.1. The maximum Gasteiger partial charge on any atom is 0.573 e. The van der Waals surface area contributed by atoms with Crippen LogP contribution >= 0.6 is 11.3 Å². The van der Waals surface area contributed by atoms with Crippen LogP contribution in [0.3, 0.4) is 0 Å². The molecule has 0 saturated carbocycles. The van der Waals surface area contributed by atoms with Crippen molar-refractivity contribution < 1.29 is 22.7 Å². The summed E-state index contributed by atoms with van der Waals surface area (Å²) < 4.78 is 42.0. The van der Waals surface area contributed by atoms with Crippen LogP contribution in [0.4, 0.5) is 18.9 Å². The SMILES string of the molecule is CCc1nc2sccn2c(=O)c1C(=O)Nc1cccc(OC(F)(F)F)c1. The van der Waals surface area contributed by atoms with Gasteiger partial charge in [0, 0.05) is 23.3 Å². The number of anilines is 1. The zero-order valence-electron chi connectivity index (χ0n) is 13.3. The molecule has 2 heterocycles. The molecule has 1 N–H and O–H groups in total. The minimum absolute atomic E-state index is 0.0635. The Labute approximate surface area is 148 Å². The van der Waals surface area contributed by atoms with Crippen LogP contribution < -0.4 is 15.6 Å². The first-order chi connectivity index (χ1) is 12.3. The molecule has 0 aliphatic heterocycles. The largest absolute Gasteiger partial charge is 0.573 e. The highest BCUT2D eigenvalue weighted by molar-refractivity contribution is 7.15. The van der Waals surface area contributed by atoms with E-state index in [-0.39, 0.29) is 11.3 Å². The second-order valence-corrected chi connectivity index (χ2v) is 6.05. The van der Waals surface area contributed by atoms with E-state index in [1.807, 2.05) is 0 Å². The van der Waals surface area contributed by atoms with Crippen LogP contribution in [0.5, 0.6) is 5.75 Å². The molecule has 0 aliphatic carbocycles. The summed E-state index contributed by atoms with van der Waals surface area (Å²) >= 11 is 1.26. The molecular formula is C16H12F3N3O3S. The van der Waals surface area contributed by atoms with Crippen LogP contribution in [0.1, 0.15) is 23.0 Å². The zero-order chi connectivity index (χ0) is 18.9. The van der Waals surface area contributed by atoms with Gasteiger partial charge in [0.25, 0.3) is 11.5 Å². The first kappa shape index (κ1) is 17.9. The van der Waals surface area contributed by atoms with Crippen LogP contribution in [0, 0.1) is 0 Å². The van der Waals surface area contributed by atoms with Crippen LogP contribution in [0.15, 0.2) is 40.6 Å². The Hall–Kier alpha value is -2.88. The van der Waals surface area contributed by atoms with Gasteiger partial charge >= 0.3 is 6.36 Å². The molecule has 0 aliphatic rings. The van der Waals surface area contributed by atoms with E-state index in [0.29, 0.717) is 17.1 Å². The van der Waals surface area contributed by atoms with Gasteiger partial charge in [0.05, 0.1) is 5.69 Å². The van der Waals surface area contributed by atoms with Gasteiger partial charge < -0.3 is 10.1 Å². The number of hydrogen-bond donors (Lipinski definition) is 1. The molecule has 0 spiro atoms. The molecule has 3 rings (SSSR count). The van der Waals surface area contributed by atoms with Crippen molar-refractivity contribution in [3.63, 3.8) is 0 Å². The highest BCUT2D eigenvalue weighted by Crippen LogP contribution is 2.25. The Bertz CT molecular complexity index is 1030. The first-order valence-corrected chi connectivity index (χ1v) is 8.32. The molecule has 136 valence electrons. The van der Waals surface area contributed by atoms with Crippen molar-refractivity contribution in [2.45, 2.75) is 19.7 Å². The van der Waals surface area contributed by atoms with E-state index in [1.165, 1.54) is 34.1 Å². The fourth-order valence-corrected chi connectivity index (χ4v) is 3.10. The molecule has 26 heavy (non-hydrogen) atoms. The number of carbonyl (C=O) groups is 1. The van der Waals surface area contributed by atoms with Gasteiger partial charge in [-0.3, -0.25) is 14.0 Å². The van der Waals surface area contributed by atoms with Crippen molar-refractivity contribution in [2.75, 3.05) is 5.32 Å². The van der Waals surface area contributed by atoms with Crippen LogP contribution in [-0.2, 0) is 6.42 Å². The summed E-state index contributed by atoms with van der Waals surface area (Å²) in [6.45, 7) is 1.75. The summed E-state index contributed by atoms with van der Waals surface area (Å²) in [7, 11) is 0. The van der Waals surface area contributed by atoms with Crippen molar-refractivity contribution in [2.24, 2.45) is 0 Å². The molecule has 0 unspecified atom stereocenters. The van der Waals surface area contributed by atoms with E-state index in [0.717, 1.165) is 12.1 Å². The lowest BCUT2D eigenvalue weighted by atomic mass is 10.1. The summed E-state index contributed by atoms with van der Waals surface area (Å²) in [5, 5.41) is 4.09. The number of alkyl halides is 3. The number of nitrogens with one attached hydrogen (secondary N) is 1. The average molecular weight is 383 g/mol. The lowest BCUT2D eigenvalue weighted by Crippen LogP contribution is -2.28. The molecule has 1 amide bonds. The number of benzene rings is 1. The molecule has 0 atom stereocenters. The number of aromatic nitrogens is 2. The third-order valence-electron chi connectivity index (χ3n) is 3.43. The van der Waals surface area contributed by atoms with E-state index >= 15 is 0 Å². The van der Waals surface area contributed by atoms with Crippen molar-refractivity contribution in [1.82, 2.24) is 9.38 Å². The fourth-order valence-electron chi connectivity index (χ4n) is 2.37. The van der Waals surface area contributed by atoms with Crippen molar-refractivity contribution in [1.29, 1.82) is 0 Å². The standard InChI is InChI=1S/C16H12F3N3O3S/c1-2-11-12(14(24)22-6-7-26-15(22)21-11)13(23)20-9-4-3-5-10(8-9)25-16(17,18)19/h3-8H,2H2,1H3,(H,20,23). The van der Waals surface area contributed by atoms with Gasteiger partial charge in [-0.05, 0) is 18.6 Å². The quantitative estimate of drug-likeness (QED) is 0.749. The summed E-state index contributed by atoms with van der Waals surface area (Å²) in [6.07, 6.45) is -2.99. The highest BCUT2D eigenvalue weighted by atomic mass is 32.1. The molecule has 2 aromatic heterocycles. The topological polar surface area (TPSA) is 72.7 Å². The van der Waals surface area contributed by atoms with Gasteiger partial charge in [-0.15, -0.1) is 24.5 Å². The summed E-state index contributed by atoms with van der Waals surface area (Å²) in [5.41, 5.74) is -0.301. The monoisotopic (exact) mass is 383 g/mol. The Kier molecular flexibility index (Phi) is 4.68. The summed E-state index contributed by atoms with van der Waals surface area (Å²) in [4.78, 5) is 29.9. The van der Waals surface area contributed by atoms with E-state index in [4.69, 9.17) is 0 Å². The molecule has 0 saturated heterocycles. The van der Waals surface area contributed by atoms with Gasteiger partial charge in [-0.25, -0.2) is 4.98 Å². The second-order valence-electron chi connectivity index (χ2n) is 5.18. The number of hydrogen-bond acceptors (Lipinski definition) is 5. The number of halogens is 3. The van der Waals surface area contributed by atoms with Gasteiger partial charge in [-0.1, -0.05) is 13.0 Å². The number of aryl methyl sites for hydroxylation is 1. The maximum absolute atomic E-state index is 12.6. The highest BCUT2D eigenvalue weighted by Gasteiger charge is 2.31. The van der Waals surface area contributed by atoms with Crippen LogP contribution in [0.2, 0.25) is 0 Å². The Morgan fingerprint density at radius 2 is 2.15 bits per heavy atom. The van der Waals surface area contributed by atoms with Crippen LogP contribution in [0.25, 0.3) is 4.96 Å². The molecule has 0 fully saturated rings. The van der Waals surface area contributed by atoms with E-state index in [9.17, 15) is 22.8 Å². The second kappa shape index (κ2) is 6.79. The van der Waals surface area contributed by atoms with Gasteiger partial charge in [-0.2, -0.15) is 0 Å². The molecule has 6 nitrogen and oxygen atoms in total. The van der Waals surface area contributed by atoms with Gasteiger partial charge in [0.15, 0.2) is 4.96 Å². The average Bonchev–Trinajstić information content (AvgIpc) is 3.02. The van der Waals surface area contributed by atoms with E-state index in [1.54, 1.807) is 12.3 Å². The third-order valence-corrected chi connectivity index (χ3v) is 4.19. The Balaban J connectivity index is 1.94. The van der Waals surface area contributed by atoms with Gasteiger partial charge in [0.1, 0.15) is 11.3 Å². The number of ether oxygens (including phenoxy) is 1. The maximum atomic E-state index is 12.6. The third kappa shape index (κ3) is 3.69. The van der Waals surface area contributed by atoms with Crippen LogP contribution in [-0.4, -0.2) is 21.7 Å². The predicted molar refractivity (Wildman–Crippen MR) is 89.8 cm³/mol. The summed E-state index contributed by atoms with van der Waals surface area (Å²) in [6, 6.07) is 4.81. The fraction of sp³-hybridized carbons (Fsp3) is 0.188. The van der Waals surface area contributed by atoms with Crippen molar-refractivity contribution >= 4 is 27.9 Å². The molecule has 10 heteroatoms. The predicted octanol–water partition coefficient (Wildman–Crippen LogP) is 3.47. The van der Waals surface area contributed by atoms with E-state index < -0.39 is 23.6 Å². The molecule has 1 aromatic carbocycles. The minimum Gasteiger partial charge on any atom is -0.406 e. The Morgan fingerprint density at radius 3 is 2.85 bits per heavy atom. The Morgan fingerprint density at radius 1 is 1.38 bits per heavy atom. The van der Waals surface area contributed by atoms with Crippen molar-refractivity contribution in [3.05, 3.63) is 57.5 Å². The molecule has 0 bridgehead atoms. The molecule has 3 aromatic rings. The number of nitrogens with zero attached hydrogens (tertiary/aromatic N) is 2.